The quantitative estimate of drug-likeness (QED) is 0.450. The van der Waals surface area contributed by atoms with Crippen LogP contribution in [0, 0.1) is 0 Å². The van der Waals surface area contributed by atoms with Gasteiger partial charge in [0.05, 0.1) is 0 Å². The largest absolute Gasteiger partial charge is 0.0697 e. The zero-order valence-corrected chi connectivity index (χ0v) is 7.34. The molecule has 0 saturated heterocycles. The first kappa shape index (κ1) is 9.93. The van der Waals surface area contributed by atoms with Gasteiger partial charge in [-0.05, 0) is 0 Å². The summed E-state index contributed by atoms with van der Waals surface area (Å²) < 4.78 is 0. The van der Waals surface area contributed by atoms with E-state index < -0.39 is 8.07 Å². The summed E-state index contributed by atoms with van der Waals surface area (Å²) >= 11 is 0. The fourth-order valence-corrected chi connectivity index (χ4v) is 0. The summed E-state index contributed by atoms with van der Waals surface area (Å²) in [4.78, 5) is 0. The van der Waals surface area contributed by atoms with Gasteiger partial charge >= 0.3 is 0 Å². The summed E-state index contributed by atoms with van der Waals surface area (Å²) in [6.07, 6.45) is 0. The zero-order chi connectivity index (χ0) is 4.50. The molecule has 0 fully saturated rings. The third-order valence-electron chi connectivity index (χ3n) is 0. The smallest absolute Gasteiger partial charge is 0.0411 e. The van der Waals surface area contributed by atoms with Crippen LogP contribution in [0.2, 0.25) is 26.2 Å². The molecule has 0 nitrogen and oxygen atoms in total. The first-order valence-corrected chi connectivity index (χ1v) is 6.00. The topological polar surface area (TPSA) is 0 Å². The molecule has 0 atom stereocenters. The predicted molar refractivity (Wildman–Crippen MR) is 29.2 cm³/mol. The number of rotatable bonds is 0. The van der Waals surface area contributed by atoms with Crippen molar-refractivity contribution in [3.63, 3.8) is 0 Å². The second-order valence-corrected chi connectivity index (χ2v) is 9.00. The van der Waals surface area contributed by atoms with Gasteiger partial charge in [0.2, 0.25) is 0 Å². The molecule has 0 aliphatic carbocycles. The summed E-state index contributed by atoms with van der Waals surface area (Å²) in [6.45, 7) is 9.31. The Morgan fingerprint density at radius 1 is 0.833 bits per heavy atom. The van der Waals surface area contributed by atoms with Crippen molar-refractivity contribution in [1.82, 2.24) is 0 Å². The van der Waals surface area contributed by atoms with Crippen molar-refractivity contribution in [2.45, 2.75) is 26.2 Å². The molecule has 1 radical (unpaired) electrons. The number of hydrogen-bond donors (Lipinski definition) is 0. The summed E-state index contributed by atoms with van der Waals surface area (Å²) in [5, 5.41) is 0. The molecule has 0 aliphatic rings. The van der Waals surface area contributed by atoms with Crippen molar-refractivity contribution >= 4 is 8.07 Å². The van der Waals surface area contributed by atoms with Gasteiger partial charge in [0, 0.05) is 26.6 Å². The van der Waals surface area contributed by atoms with Gasteiger partial charge in [-0.25, -0.2) is 0 Å². The maximum Gasteiger partial charge on any atom is 0.0411 e. The van der Waals surface area contributed by atoms with E-state index >= 15 is 0 Å². The molecule has 37 valence electrons. The van der Waals surface area contributed by atoms with Crippen molar-refractivity contribution in [3.05, 3.63) is 0 Å². The van der Waals surface area contributed by atoms with Crippen LogP contribution in [-0.2, 0) is 18.6 Å². The minimum atomic E-state index is -0.611. The van der Waals surface area contributed by atoms with Crippen molar-refractivity contribution in [3.8, 4) is 0 Å². The molecule has 0 aromatic rings. The van der Waals surface area contributed by atoms with Crippen LogP contribution < -0.4 is 0 Å². The minimum absolute atomic E-state index is 0. The average Bonchev–Trinajstić information content (AvgIpc) is 0.722. The van der Waals surface area contributed by atoms with E-state index in [-0.39, 0.29) is 18.6 Å². The second-order valence-electron chi connectivity index (χ2n) is 3.00. The van der Waals surface area contributed by atoms with E-state index in [1.54, 1.807) is 0 Å². The Bertz CT molecular complexity index is 23.0. The molecule has 6 heavy (non-hydrogen) atoms. The standard InChI is InChI=1S/C4H12Si.V/c1-5(2,3)4;/h1-4H3;. The predicted octanol–water partition coefficient (Wildman–Crippen LogP) is 1.95. The Morgan fingerprint density at radius 3 is 0.833 bits per heavy atom. The molecule has 0 heterocycles. The van der Waals surface area contributed by atoms with E-state index in [1.165, 1.54) is 0 Å². The Balaban J connectivity index is 0. The maximum atomic E-state index is 2.33. The van der Waals surface area contributed by atoms with Gasteiger partial charge in [-0.1, -0.05) is 26.2 Å². The first-order valence-electron chi connectivity index (χ1n) is 2.00. The SMILES string of the molecule is C[Si](C)(C)C.[V]. The molecule has 0 unspecified atom stereocenters. The molecule has 0 N–H and O–H groups in total. The van der Waals surface area contributed by atoms with Crippen LogP contribution in [0.5, 0.6) is 0 Å². The van der Waals surface area contributed by atoms with Gasteiger partial charge in [0.1, 0.15) is 0 Å². The Labute approximate surface area is 53.2 Å². The van der Waals surface area contributed by atoms with Crippen molar-refractivity contribution in [2.75, 3.05) is 0 Å². The van der Waals surface area contributed by atoms with Crippen LogP contribution in [-0.4, -0.2) is 8.07 Å². The van der Waals surface area contributed by atoms with Crippen LogP contribution in [0.1, 0.15) is 0 Å². The van der Waals surface area contributed by atoms with Crippen LogP contribution in [0.25, 0.3) is 0 Å². The van der Waals surface area contributed by atoms with Crippen LogP contribution >= 0.6 is 0 Å². The maximum absolute atomic E-state index is 2.33. The summed E-state index contributed by atoms with van der Waals surface area (Å²) in [5.41, 5.74) is 0. The first-order chi connectivity index (χ1) is 2.00. The molecule has 0 rings (SSSR count). The van der Waals surface area contributed by atoms with Crippen molar-refractivity contribution in [2.24, 2.45) is 0 Å². The molecule has 0 aromatic carbocycles. The fraction of sp³-hybridized carbons (Fsp3) is 1.00. The van der Waals surface area contributed by atoms with E-state index in [1.807, 2.05) is 0 Å². The van der Waals surface area contributed by atoms with Crippen molar-refractivity contribution in [1.29, 1.82) is 0 Å². The zero-order valence-electron chi connectivity index (χ0n) is 4.95. The third kappa shape index (κ3) is 108. The molecule has 0 spiro atoms. The molecule has 0 aromatic heterocycles. The van der Waals surface area contributed by atoms with Crippen LogP contribution in [0.4, 0.5) is 0 Å². The summed E-state index contributed by atoms with van der Waals surface area (Å²) in [5.74, 6) is 0. The van der Waals surface area contributed by atoms with Gasteiger partial charge in [0.15, 0.2) is 0 Å². The van der Waals surface area contributed by atoms with Crippen molar-refractivity contribution < 1.29 is 18.6 Å². The second kappa shape index (κ2) is 2.89. The minimum Gasteiger partial charge on any atom is -0.0697 e. The van der Waals surface area contributed by atoms with E-state index in [9.17, 15) is 0 Å². The molecular weight excluding hydrogens is 127 g/mol. The van der Waals surface area contributed by atoms with E-state index in [0.717, 1.165) is 0 Å². The molecule has 2 heteroatoms. The monoisotopic (exact) mass is 139 g/mol. The third-order valence-corrected chi connectivity index (χ3v) is 0. The Kier molecular flexibility index (Phi) is 4.78. The average molecular weight is 139 g/mol. The van der Waals surface area contributed by atoms with E-state index in [0.29, 0.717) is 0 Å². The molecule has 0 amide bonds. The molecule has 0 bridgehead atoms. The molecular formula is C4H12SiV. The van der Waals surface area contributed by atoms with Gasteiger partial charge in [-0.2, -0.15) is 0 Å². The number of hydrogen-bond acceptors (Lipinski definition) is 0. The van der Waals surface area contributed by atoms with Gasteiger partial charge in [-0.15, -0.1) is 0 Å². The molecule has 0 aliphatic heterocycles. The summed E-state index contributed by atoms with van der Waals surface area (Å²) in [6, 6.07) is 0. The Morgan fingerprint density at radius 2 is 0.833 bits per heavy atom. The Hall–Kier alpha value is 0.801. The van der Waals surface area contributed by atoms with Gasteiger partial charge < -0.3 is 0 Å². The fourth-order valence-electron chi connectivity index (χ4n) is 0. The van der Waals surface area contributed by atoms with E-state index in [4.69, 9.17) is 0 Å². The molecule has 0 saturated carbocycles. The van der Waals surface area contributed by atoms with Gasteiger partial charge in [0.25, 0.3) is 0 Å². The van der Waals surface area contributed by atoms with E-state index in [2.05, 4.69) is 26.2 Å². The normalized spacial score (nSPS) is 10.0. The van der Waals surface area contributed by atoms with Crippen LogP contribution in [0.3, 0.4) is 0 Å². The summed E-state index contributed by atoms with van der Waals surface area (Å²) in [7, 11) is -0.611. The van der Waals surface area contributed by atoms with Gasteiger partial charge in [-0.3, -0.25) is 0 Å². The van der Waals surface area contributed by atoms with Crippen LogP contribution in [0.15, 0.2) is 0 Å².